The van der Waals surface area contributed by atoms with Crippen LogP contribution in [0.15, 0.2) is 24.4 Å². The van der Waals surface area contributed by atoms with Crippen molar-refractivity contribution in [3.63, 3.8) is 0 Å². The van der Waals surface area contributed by atoms with Gasteiger partial charge in [-0.1, -0.05) is 0 Å². The average Bonchev–Trinajstić information content (AvgIpc) is 3.07. The van der Waals surface area contributed by atoms with Crippen molar-refractivity contribution in [3.05, 3.63) is 35.7 Å². The minimum atomic E-state index is -2.54. The predicted octanol–water partition coefficient (Wildman–Crippen LogP) is 3.73. The van der Waals surface area contributed by atoms with Crippen LogP contribution in [0.4, 0.5) is 14.6 Å². The first kappa shape index (κ1) is 19.7. The van der Waals surface area contributed by atoms with Crippen LogP contribution in [0.25, 0.3) is 5.82 Å². The fourth-order valence-electron chi connectivity index (χ4n) is 3.11. The molecule has 0 saturated heterocycles. The Labute approximate surface area is 157 Å². The van der Waals surface area contributed by atoms with Crippen molar-refractivity contribution in [3.8, 4) is 5.82 Å². The molecule has 2 aromatic rings. The minimum absolute atomic E-state index is 0.00556. The second-order valence-electron chi connectivity index (χ2n) is 6.94. The van der Waals surface area contributed by atoms with Gasteiger partial charge in [0.2, 0.25) is 5.92 Å². The van der Waals surface area contributed by atoms with Crippen molar-refractivity contribution in [2.45, 2.75) is 51.2 Å². The number of nitrogens with zero attached hydrogens (tertiary/aromatic N) is 3. The van der Waals surface area contributed by atoms with Gasteiger partial charge in [0, 0.05) is 32.2 Å². The lowest BCUT2D eigenvalue weighted by molar-refractivity contribution is -0.0361. The first-order valence-electron chi connectivity index (χ1n) is 9.20. The molecule has 1 saturated carbocycles. The van der Waals surface area contributed by atoms with E-state index in [1.807, 2.05) is 31.3 Å². The summed E-state index contributed by atoms with van der Waals surface area (Å²) in [5, 5.41) is 7.72. The molecule has 3 rings (SSSR count). The number of hydrogen-bond donors (Lipinski definition) is 1. The van der Waals surface area contributed by atoms with E-state index in [9.17, 15) is 8.78 Å². The topological polar surface area (TPSA) is 61.2 Å². The number of halogens is 2. The van der Waals surface area contributed by atoms with Crippen LogP contribution in [0, 0.1) is 6.92 Å². The molecule has 0 aliphatic heterocycles. The largest absolute Gasteiger partial charge is 0.382 e. The molecule has 0 atom stereocenters. The highest BCUT2D eigenvalue weighted by atomic mass is 19.3. The molecule has 148 valence electrons. The number of hydrogen-bond acceptors (Lipinski definition) is 5. The minimum Gasteiger partial charge on any atom is -0.382 e. The molecule has 0 unspecified atom stereocenters. The van der Waals surface area contributed by atoms with Gasteiger partial charge in [0.1, 0.15) is 5.82 Å². The van der Waals surface area contributed by atoms with E-state index in [1.54, 1.807) is 11.8 Å². The summed E-state index contributed by atoms with van der Waals surface area (Å²) < 4.78 is 39.1. The van der Waals surface area contributed by atoms with Gasteiger partial charge >= 0.3 is 0 Å². The number of rotatable bonds is 8. The summed E-state index contributed by atoms with van der Waals surface area (Å²) in [6, 6.07) is 5.72. The summed E-state index contributed by atoms with van der Waals surface area (Å²) in [6.45, 7) is 3.35. The summed E-state index contributed by atoms with van der Waals surface area (Å²) in [7, 11) is 1.63. The molecular weight excluding hydrogens is 354 g/mol. The Kier molecular flexibility index (Phi) is 6.38. The maximum absolute atomic E-state index is 13.4. The second kappa shape index (κ2) is 8.75. The van der Waals surface area contributed by atoms with Crippen molar-refractivity contribution >= 4 is 5.82 Å². The molecule has 1 fully saturated rings. The molecule has 0 aromatic carbocycles. The Hall–Kier alpha value is -2.06. The van der Waals surface area contributed by atoms with E-state index in [0.717, 1.165) is 11.3 Å². The summed E-state index contributed by atoms with van der Waals surface area (Å²) in [5.74, 6) is -1.22. The van der Waals surface area contributed by atoms with Gasteiger partial charge in [-0.15, -0.1) is 0 Å². The summed E-state index contributed by atoms with van der Waals surface area (Å²) in [6.07, 6.45) is 2.53. The third-order valence-electron chi connectivity index (χ3n) is 4.60. The smallest absolute Gasteiger partial charge is 0.248 e. The highest BCUT2D eigenvalue weighted by Crippen LogP contribution is 2.34. The number of nitrogens with one attached hydrogen (secondary N) is 1. The molecule has 8 heteroatoms. The molecule has 0 bridgehead atoms. The van der Waals surface area contributed by atoms with Crippen molar-refractivity contribution in [1.82, 2.24) is 14.8 Å². The Bertz CT molecular complexity index is 741. The van der Waals surface area contributed by atoms with E-state index in [2.05, 4.69) is 15.4 Å². The number of methoxy groups -OCH3 is 1. The fourth-order valence-corrected chi connectivity index (χ4v) is 3.11. The van der Waals surface area contributed by atoms with Gasteiger partial charge in [-0.3, -0.25) is 0 Å². The Morgan fingerprint density at radius 1 is 1.26 bits per heavy atom. The highest BCUT2D eigenvalue weighted by molar-refractivity contribution is 5.44. The van der Waals surface area contributed by atoms with E-state index < -0.39 is 5.92 Å². The third kappa shape index (κ3) is 5.71. The molecule has 1 N–H and O–H groups in total. The van der Waals surface area contributed by atoms with Gasteiger partial charge in [-0.25, -0.2) is 18.4 Å². The molecule has 1 aliphatic carbocycles. The molecule has 2 aromatic heterocycles. The fraction of sp³-hybridized carbons (Fsp3) is 0.579. The van der Waals surface area contributed by atoms with E-state index in [0.29, 0.717) is 44.3 Å². The predicted molar refractivity (Wildman–Crippen MR) is 98.5 cm³/mol. The van der Waals surface area contributed by atoms with Gasteiger partial charge in [0.25, 0.3) is 0 Å². The number of aryl methyl sites for hydroxylation is 1. The zero-order chi connectivity index (χ0) is 19.3. The Balaban J connectivity index is 1.75. The van der Waals surface area contributed by atoms with Crippen LogP contribution in [0.3, 0.4) is 0 Å². The molecule has 2 heterocycles. The normalized spacial score (nSPS) is 17.2. The molecule has 27 heavy (non-hydrogen) atoms. The number of ether oxygens (including phenoxy) is 2. The average molecular weight is 380 g/mol. The van der Waals surface area contributed by atoms with E-state index in [1.165, 1.54) is 0 Å². The van der Waals surface area contributed by atoms with E-state index in [4.69, 9.17) is 9.47 Å². The van der Waals surface area contributed by atoms with Crippen LogP contribution in [0.1, 0.15) is 36.9 Å². The van der Waals surface area contributed by atoms with Crippen LogP contribution >= 0.6 is 0 Å². The maximum atomic E-state index is 13.4. The Morgan fingerprint density at radius 3 is 2.70 bits per heavy atom. The lowest BCUT2D eigenvalue weighted by atomic mass is 9.92. The third-order valence-corrected chi connectivity index (χ3v) is 4.60. The van der Waals surface area contributed by atoms with Gasteiger partial charge in [0.15, 0.2) is 5.82 Å². The zero-order valence-electron chi connectivity index (χ0n) is 15.8. The van der Waals surface area contributed by atoms with Gasteiger partial charge in [-0.05, 0) is 43.5 Å². The lowest BCUT2D eigenvalue weighted by Crippen LogP contribution is -2.32. The van der Waals surface area contributed by atoms with Crippen molar-refractivity contribution in [1.29, 1.82) is 0 Å². The van der Waals surface area contributed by atoms with Gasteiger partial charge < -0.3 is 14.8 Å². The van der Waals surface area contributed by atoms with Crippen LogP contribution in [-0.4, -0.2) is 47.1 Å². The summed E-state index contributed by atoms with van der Waals surface area (Å²) >= 11 is 0. The summed E-state index contributed by atoms with van der Waals surface area (Å²) in [4.78, 5) is 4.61. The van der Waals surface area contributed by atoms with Crippen molar-refractivity contribution in [2.24, 2.45) is 0 Å². The quantitative estimate of drug-likeness (QED) is 0.707. The highest BCUT2D eigenvalue weighted by Gasteiger charge is 2.34. The molecule has 0 amide bonds. The van der Waals surface area contributed by atoms with Crippen LogP contribution in [0.5, 0.6) is 0 Å². The maximum Gasteiger partial charge on any atom is 0.248 e. The van der Waals surface area contributed by atoms with E-state index >= 15 is 0 Å². The van der Waals surface area contributed by atoms with Crippen LogP contribution in [0.2, 0.25) is 0 Å². The van der Waals surface area contributed by atoms with Crippen molar-refractivity contribution in [2.75, 3.05) is 25.6 Å². The number of pyridine rings is 1. The first-order valence-corrected chi connectivity index (χ1v) is 9.20. The number of alkyl halides is 2. The molecule has 6 nitrogen and oxygen atoms in total. The van der Waals surface area contributed by atoms with Crippen molar-refractivity contribution < 1.29 is 18.3 Å². The van der Waals surface area contributed by atoms with Gasteiger partial charge in [0.05, 0.1) is 25.5 Å². The summed E-state index contributed by atoms with van der Waals surface area (Å²) in [5.41, 5.74) is 1.83. The molecule has 0 spiro atoms. The van der Waals surface area contributed by atoms with Gasteiger partial charge in [-0.2, -0.15) is 5.10 Å². The Morgan fingerprint density at radius 2 is 2.04 bits per heavy atom. The lowest BCUT2D eigenvalue weighted by Gasteiger charge is -2.29. The zero-order valence-corrected chi connectivity index (χ0v) is 15.8. The van der Waals surface area contributed by atoms with Crippen LogP contribution in [-0.2, 0) is 16.1 Å². The molecular formula is C19H26F2N4O2. The van der Waals surface area contributed by atoms with E-state index in [-0.39, 0.29) is 18.9 Å². The molecule has 0 radical (unpaired) electrons. The van der Waals surface area contributed by atoms with Crippen LogP contribution < -0.4 is 5.32 Å². The monoisotopic (exact) mass is 380 g/mol. The number of aromatic nitrogens is 3. The molecule has 1 aliphatic rings. The second-order valence-corrected chi connectivity index (χ2v) is 6.94. The number of anilines is 1. The standard InChI is InChI=1S/C19H26F2N4O2/c1-14-5-8-25(24-14)18-12-15(13-27-10-9-26-2)11-17(23-18)22-16-3-6-19(20,21)7-4-16/h5,8,11-12,16H,3-4,6-7,9-10,13H2,1-2H3,(H,22,23). The first-order chi connectivity index (χ1) is 12.9. The SMILES string of the molecule is COCCOCc1cc(NC2CCC(F)(F)CC2)nc(-n2ccc(C)n2)c1.